The molecule has 4 nitrogen and oxygen atoms in total. The third-order valence-corrected chi connectivity index (χ3v) is 4.45. The van der Waals surface area contributed by atoms with Gasteiger partial charge in [-0.15, -0.1) is 0 Å². The summed E-state index contributed by atoms with van der Waals surface area (Å²) in [6.07, 6.45) is 3.11. The van der Waals surface area contributed by atoms with Crippen LogP contribution in [0, 0.1) is 5.92 Å². The Balaban J connectivity index is 1.85. The first-order chi connectivity index (χ1) is 9.33. The van der Waals surface area contributed by atoms with Crippen LogP contribution >= 0.6 is 0 Å². The maximum atomic E-state index is 9.32. The third-order valence-electron chi connectivity index (χ3n) is 4.45. The van der Waals surface area contributed by atoms with Gasteiger partial charge in [-0.25, -0.2) is 0 Å². The molecule has 1 aromatic rings. The fraction of sp³-hybridized carbons (Fsp3) is 0.533. The standard InChI is InChI=1S/C15H20N2O2/c1-19-14-5-3-2-4-12(14)10-13-15(16-18)11-6-8-17(13)9-7-11/h2-5,11,13,18H,6-10H2,1H3/t13-/m0/s1. The van der Waals surface area contributed by atoms with E-state index in [1.54, 1.807) is 7.11 Å². The van der Waals surface area contributed by atoms with E-state index in [-0.39, 0.29) is 6.04 Å². The van der Waals surface area contributed by atoms with Crippen molar-refractivity contribution < 1.29 is 9.94 Å². The van der Waals surface area contributed by atoms with Crippen LogP contribution in [0.15, 0.2) is 29.4 Å². The molecule has 0 aromatic heterocycles. The molecule has 19 heavy (non-hydrogen) atoms. The van der Waals surface area contributed by atoms with Gasteiger partial charge in [-0.3, -0.25) is 4.90 Å². The minimum Gasteiger partial charge on any atom is -0.496 e. The van der Waals surface area contributed by atoms with Crippen LogP contribution in [-0.4, -0.2) is 42.1 Å². The van der Waals surface area contributed by atoms with Gasteiger partial charge in [0.2, 0.25) is 0 Å². The van der Waals surface area contributed by atoms with Gasteiger partial charge in [0.25, 0.3) is 0 Å². The minimum atomic E-state index is 0.230. The maximum absolute atomic E-state index is 9.32. The number of fused-ring (bicyclic) bond motifs is 3. The molecular formula is C15H20N2O2. The van der Waals surface area contributed by atoms with Crippen molar-refractivity contribution in [2.45, 2.75) is 25.3 Å². The normalized spacial score (nSPS) is 31.6. The lowest BCUT2D eigenvalue weighted by Crippen LogP contribution is -2.56. The lowest BCUT2D eigenvalue weighted by molar-refractivity contribution is 0.137. The highest BCUT2D eigenvalue weighted by Gasteiger charge is 2.39. The number of piperidine rings is 3. The quantitative estimate of drug-likeness (QED) is 0.669. The molecular weight excluding hydrogens is 240 g/mol. The summed E-state index contributed by atoms with van der Waals surface area (Å²) >= 11 is 0. The number of para-hydroxylation sites is 1. The Morgan fingerprint density at radius 1 is 1.32 bits per heavy atom. The largest absolute Gasteiger partial charge is 0.496 e. The van der Waals surface area contributed by atoms with Gasteiger partial charge in [-0.2, -0.15) is 0 Å². The third kappa shape index (κ3) is 2.21. The number of methoxy groups -OCH3 is 1. The second kappa shape index (κ2) is 5.21. The molecule has 3 aliphatic heterocycles. The summed E-state index contributed by atoms with van der Waals surface area (Å²) in [4.78, 5) is 2.43. The highest BCUT2D eigenvalue weighted by atomic mass is 16.5. The van der Waals surface area contributed by atoms with Crippen LogP contribution in [-0.2, 0) is 6.42 Å². The molecule has 3 aliphatic rings. The Labute approximate surface area is 113 Å². The van der Waals surface area contributed by atoms with E-state index in [1.807, 2.05) is 18.2 Å². The van der Waals surface area contributed by atoms with Gasteiger partial charge in [0.15, 0.2) is 0 Å². The molecule has 3 fully saturated rings. The van der Waals surface area contributed by atoms with Crippen molar-refractivity contribution in [1.82, 2.24) is 4.90 Å². The van der Waals surface area contributed by atoms with Crippen LogP contribution in [0.1, 0.15) is 18.4 Å². The summed E-state index contributed by atoms with van der Waals surface area (Å²) in [5.74, 6) is 1.39. The van der Waals surface area contributed by atoms with Crippen molar-refractivity contribution >= 4 is 5.71 Å². The van der Waals surface area contributed by atoms with Crippen LogP contribution in [0.5, 0.6) is 5.75 Å². The zero-order valence-electron chi connectivity index (χ0n) is 11.2. The Bertz CT molecular complexity index is 479. The summed E-state index contributed by atoms with van der Waals surface area (Å²) in [5.41, 5.74) is 2.15. The van der Waals surface area contributed by atoms with Gasteiger partial charge in [0, 0.05) is 5.92 Å². The van der Waals surface area contributed by atoms with Crippen molar-refractivity contribution in [1.29, 1.82) is 0 Å². The molecule has 0 aliphatic carbocycles. The average Bonchev–Trinajstić information content (AvgIpc) is 2.49. The van der Waals surface area contributed by atoms with E-state index in [1.165, 1.54) is 5.56 Å². The second-order valence-corrected chi connectivity index (χ2v) is 5.37. The molecule has 2 bridgehead atoms. The van der Waals surface area contributed by atoms with Crippen LogP contribution in [0.2, 0.25) is 0 Å². The van der Waals surface area contributed by atoms with Crippen LogP contribution in [0.3, 0.4) is 0 Å². The number of benzene rings is 1. The van der Waals surface area contributed by atoms with Crippen molar-refractivity contribution in [3.05, 3.63) is 29.8 Å². The fourth-order valence-electron chi connectivity index (χ4n) is 3.43. The fourth-order valence-corrected chi connectivity index (χ4v) is 3.43. The van der Waals surface area contributed by atoms with E-state index < -0.39 is 0 Å². The first-order valence-electron chi connectivity index (χ1n) is 6.91. The predicted octanol–water partition coefficient (Wildman–Crippen LogP) is 2.16. The van der Waals surface area contributed by atoms with Gasteiger partial charge in [0.05, 0.1) is 18.9 Å². The van der Waals surface area contributed by atoms with Gasteiger partial charge in [-0.1, -0.05) is 23.4 Å². The van der Waals surface area contributed by atoms with Gasteiger partial charge in [-0.05, 0) is 44.0 Å². The summed E-state index contributed by atoms with van der Waals surface area (Å²) in [5, 5.41) is 12.9. The van der Waals surface area contributed by atoms with E-state index in [2.05, 4.69) is 16.1 Å². The van der Waals surface area contributed by atoms with Crippen molar-refractivity contribution in [2.24, 2.45) is 11.1 Å². The summed E-state index contributed by atoms with van der Waals surface area (Å²) in [6.45, 7) is 2.23. The van der Waals surface area contributed by atoms with Crippen molar-refractivity contribution in [3.63, 3.8) is 0 Å². The van der Waals surface area contributed by atoms with E-state index in [9.17, 15) is 5.21 Å². The highest BCUT2D eigenvalue weighted by Crippen LogP contribution is 2.33. The molecule has 0 amide bonds. The molecule has 3 saturated heterocycles. The molecule has 0 radical (unpaired) electrons. The minimum absolute atomic E-state index is 0.230. The van der Waals surface area contributed by atoms with E-state index in [0.29, 0.717) is 5.92 Å². The SMILES string of the molecule is COc1ccccc1C[C@H]1C(=NO)C2CCN1CC2. The summed E-state index contributed by atoms with van der Waals surface area (Å²) < 4.78 is 5.41. The molecule has 4 rings (SSSR count). The smallest absolute Gasteiger partial charge is 0.122 e. The number of nitrogens with zero attached hydrogens (tertiary/aromatic N) is 2. The number of rotatable bonds is 3. The lowest BCUT2D eigenvalue weighted by atomic mass is 9.79. The molecule has 0 saturated carbocycles. The topological polar surface area (TPSA) is 45.1 Å². The predicted molar refractivity (Wildman–Crippen MR) is 74.0 cm³/mol. The van der Waals surface area contributed by atoms with Crippen LogP contribution < -0.4 is 4.74 Å². The maximum Gasteiger partial charge on any atom is 0.122 e. The summed E-state index contributed by atoms with van der Waals surface area (Å²) in [7, 11) is 1.70. The Hall–Kier alpha value is -1.55. The van der Waals surface area contributed by atoms with Gasteiger partial charge in [0.1, 0.15) is 5.75 Å². The first kappa shape index (κ1) is 12.5. The van der Waals surface area contributed by atoms with Crippen LogP contribution in [0.25, 0.3) is 0 Å². The summed E-state index contributed by atoms with van der Waals surface area (Å²) in [6, 6.07) is 8.33. The molecule has 0 unspecified atom stereocenters. The number of ether oxygens (including phenoxy) is 1. The van der Waals surface area contributed by atoms with E-state index >= 15 is 0 Å². The lowest BCUT2D eigenvalue weighted by Gasteiger charge is -2.45. The van der Waals surface area contributed by atoms with Crippen LogP contribution in [0.4, 0.5) is 0 Å². The molecule has 3 heterocycles. The Morgan fingerprint density at radius 2 is 2.05 bits per heavy atom. The highest BCUT2D eigenvalue weighted by molar-refractivity contribution is 5.93. The monoisotopic (exact) mass is 260 g/mol. The molecule has 102 valence electrons. The van der Waals surface area contributed by atoms with Crippen molar-refractivity contribution in [2.75, 3.05) is 20.2 Å². The van der Waals surface area contributed by atoms with Gasteiger partial charge < -0.3 is 9.94 Å². The Kier molecular flexibility index (Phi) is 3.42. The molecule has 0 spiro atoms. The van der Waals surface area contributed by atoms with E-state index in [0.717, 1.165) is 43.8 Å². The zero-order chi connectivity index (χ0) is 13.2. The van der Waals surface area contributed by atoms with Crippen molar-refractivity contribution in [3.8, 4) is 5.75 Å². The molecule has 4 heteroatoms. The number of oxime groups is 1. The number of hydrogen-bond acceptors (Lipinski definition) is 4. The molecule has 1 N–H and O–H groups in total. The average molecular weight is 260 g/mol. The van der Waals surface area contributed by atoms with E-state index in [4.69, 9.17) is 4.74 Å². The molecule has 1 atom stereocenters. The first-order valence-corrected chi connectivity index (χ1v) is 6.91. The zero-order valence-corrected chi connectivity index (χ0v) is 11.2. The molecule has 1 aromatic carbocycles. The number of hydrogen-bond donors (Lipinski definition) is 1. The Morgan fingerprint density at radius 3 is 2.74 bits per heavy atom. The van der Waals surface area contributed by atoms with Gasteiger partial charge >= 0.3 is 0 Å². The second-order valence-electron chi connectivity index (χ2n) is 5.37.